The summed E-state index contributed by atoms with van der Waals surface area (Å²) in [7, 11) is 1.77. The van der Waals surface area contributed by atoms with Crippen molar-refractivity contribution in [2.45, 2.75) is 6.92 Å². The van der Waals surface area contributed by atoms with E-state index in [1.165, 1.54) is 0 Å². The number of anilines is 1. The first-order chi connectivity index (χ1) is 12.1. The van der Waals surface area contributed by atoms with Gasteiger partial charge in [-0.2, -0.15) is 0 Å². The molecule has 0 aliphatic carbocycles. The summed E-state index contributed by atoms with van der Waals surface area (Å²) in [5, 5.41) is 1.01. The number of benzene rings is 1. The summed E-state index contributed by atoms with van der Waals surface area (Å²) in [4.78, 5) is 27.1. The Hall–Kier alpha value is -3.06. The maximum absolute atomic E-state index is 12.7. The molecule has 1 aromatic carbocycles. The molecular formula is C18H15N5OS. The quantitative estimate of drug-likeness (QED) is 0.568. The fraction of sp³-hybridized carbons (Fsp3) is 0.111. The first kappa shape index (κ1) is 15.5. The lowest BCUT2D eigenvalue weighted by Crippen LogP contribution is -2.26. The topological polar surface area (TPSA) is 63.9 Å². The molecule has 0 N–H and O–H groups in total. The van der Waals surface area contributed by atoms with Gasteiger partial charge < -0.3 is 4.90 Å². The predicted molar refractivity (Wildman–Crippen MR) is 98.4 cm³/mol. The highest BCUT2D eigenvalue weighted by Gasteiger charge is 2.15. The Labute approximate surface area is 148 Å². The zero-order valence-electron chi connectivity index (χ0n) is 13.7. The van der Waals surface area contributed by atoms with Gasteiger partial charge in [0.05, 0.1) is 20.8 Å². The fourth-order valence-corrected chi connectivity index (χ4v) is 3.47. The molecule has 0 bridgehead atoms. The number of thiazole rings is 1. The van der Waals surface area contributed by atoms with E-state index in [-0.39, 0.29) is 5.91 Å². The van der Waals surface area contributed by atoms with E-state index in [0.29, 0.717) is 5.56 Å². The van der Waals surface area contributed by atoms with Gasteiger partial charge in [-0.15, -0.1) is 11.3 Å². The van der Waals surface area contributed by atoms with E-state index in [1.807, 2.05) is 31.3 Å². The molecule has 0 saturated carbocycles. The molecule has 0 atom stereocenters. The monoisotopic (exact) mass is 349 g/mol. The van der Waals surface area contributed by atoms with Crippen molar-refractivity contribution < 1.29 is 4.79 Å². The van der Waals surface area contributed by atoms with E-state index in [9.17, 15) is 4.79 Å². The van der Waals surface area contributed by atoms with Crippen molar-refractivity contribution in [3.63, 3.8) is 0 Å². The van der Waals surface area contributed by atoms with Crippen LogP contribution >= 0.6 is 11.3 Å². The van der Waals surface area contributed by atoms with Crippen molar-refractivity contribution in [3.05, 3.63) is 65.8 Å². The number of amides is 1. The molecule has 4 aromatic rings. The zero-order valence-corrected chi connectivity index (χ0v) is 14.6. The third-order valence-electron chi connectivity index (χ3n) is 3.93. The minimum absolute atomic E-state index is 0.106. The first-order valence-corrected chi connectivity index (χ1v) is 8.53. The lowest BCUT2D eigenvalue weighted by molar-refractivity contribution is 0.0992. The number of aromatic nitrogens is 4. The third kappa shape index (κ3) is 2.89. The van der Waals surface area contributed by atoms with Gasteiger partial charge in [0.2, 0.25) is 0 Å². The second-order valence-electron chi connectivity index (χ2n) is 5.62. The molecule has 0 fully saturated rings. The van der Waals surface area contributed by atoms with E-state index in [0.717, 1.165) is 26.7 Å². The highest BCUT2D eigenvalue weighted by molar-refractivity contribution is 7.18. The third-order valence-corrected chi connectivity index (χ3v) is 4.87. The Morgan fingerprint density at radius 1 is 1.24 bits per heavy atom. The number of carbonyl (C=O) groups excluding carboxylic acids is 1. The van der Waals surface area contributed by atoms with Crippen LogP contribution in [0.5, 0.6) is 0 Å². The molecule has 3 heterocycles. The smallest absolute Gasteiger partial charge is 0.259 e. The van der Waals surface area contributed by atoms with Crippen LogP contribution in [0.1, 0.15) is 15.4 Å². The molecule has 0 aliphatic rings. The second-order valence-corrected chi connectivity index (χ2v) is 6.86. The number of aryl methyl sites for hydroxylation is 1. The minimum atomic E-state index is -0.106. The van der Waals surface area contributed by atoms with Crippen molar-refractivity contribution >= 4 is 33.1 Å². The summed E-state index contributed by atoms with van der Waals surface area (Å²) >= 11 is 1.62. The van der Waals surface area contributed by atoms with Gasteiger partial charge in [-0.25, -0.2) is 15.0 Å². The van der Waals surface area contributed by atoms with Gasteiger partial charge in [-0.1, -0.05) is 0 Å². The van der Waals surface area contributed by atoms with Crippen molar-refractivity contribution in [2.75, 3.05) is 11.9 Å². The second kappa shape index (κ2) is 6.10. The molecule has 3 aromatic heterocycles. The van der Waals surface area contributed by atoms with Crippen molar-refractivity contribution in [1.29, 1.82) is 0 Å². The van der Waals surface area contributed by atoms with Gasteiger partial charge in [0, 0.05) is 31.3 Å². The summed E-state index contributed by atoms with van der Waals surface area (Å²) < 4.78 is 2.86. The zero-order chi connectivity index (χ0) is 17.4. The van der Waals surface area contributed by atoms with E-state index < -0.39 is 0 Å². The van der Waals surface area contributed by atoms with Crippen molar-refractivity contribution in [1.82, 2.24) is 19.5 Å². The average Bonchev–Trinajstić information content (AvgIpc) is 3.28. The Morgan fingerprint density at radius 2 is 2.12 bits per heavy atom. The fourth-order valence-electron chi connectivity index (χ4n) is 2.61. The van der Waals surface area contributed by atoms with Crippen LogP contribution in [0, 0.1) is 6.92 Å². The summed E-state index contributed by atoms with van der Waals surface area (Å²) in [5.74, 6) is 0.614. The van der Waals surface area contributed by atoms with Crippen LogP contribution in [0.15, 0.2) is 55.2 Å². The molecule has 25 heavy (non-hydrogen) atoms. The molecule has 4 rings (SSSR count). The van der Waals surface area contributed by atoms with Gasteiger partial charge >= 0.3 is 0 Å². The summed E-state index contributed by atoms with van der Waals surface area (Å²) in [6, 6.07) is 9.42. The Morgan fingerprint density at radius 3 is 2.84 bits per heavy atom. The van der Waals surface area contributed by atoms with Crippen LogP contribution in [-0.2, 0) is 0 Å². The Balaban J connectivity index is 1.60. The molecular weight excluding hydrogens is 334 g/mol. The van der Waals surface area contributed by atoms with E-state index in [4.69, 9.17) is 0 Å². The van der Waals surface area contributed by atoms with Gasteiger partial charge in [0.25, 0.3) is 5.91 Å². The molecule has 0 radical (unpaired) electrons. The SMILES string of the molecule is Cc1nc2ccc(N(C)C(=O)c3ccc(-n4ccnc4)nc3)cc2s1. The maximum atomic E-state index is 12.7. The average molecular weight is 349 g/mol. The summed E-state index contributed by atoms with van der Waals surface area (Å²) in [6.07, 6.45) is 6.75. The summed E-state index contributed by atoms with van der Waals surface area (Å²) in [6.45, 7) is 1.98. The maximum Gasteiger partial charge on any atom is 0.259 e. The molecule has 7 heteroatoms. The van der Waals surface area contributed by atoms with Crippen LogP contribution < -0.4 is 4.90 Å². The number of rotatable bonds is 3. The number of fused-ring (bicyclic) bond motifs is 1. The standard InChI is InChI=1S/C18H15N5OS/c1-12-21-15-5-4-14(9-16(15)25-12)22(2)18(24)13-3-6-17(20-10-13)23-8-7-19-11-23/h3-11H,1-2H3. The van der Waals surface area contributed by atoms with Gasteiger partial charge in [-0.3, -0.25) is 9.36 Å². The molecule has 124 valence electrons. The largest absolute Gasteiger partial charge is 0.311 e. The molecule has 1 amide bonds. The lowest BCUT2D eigenvalue weighted by Gasteiger charge is -2.17. The summed E-state index contributed by atoms with van der Waals surface area (Å²) in [5.41, 5.74) is 2.32. The number of nitrogens with zero attached hydrogens (tertiary/aromatic N) is 5. The minimum Gasteiger partial charge on any atom is -0.311 e. The molecule has 0 aliphatic heterocycles. The molecule has 6 nitrogen and oxygen atoms in total. The Bertz CT molecular complexity index is 1040. The van der Waals surface area contributed by atoms with Crippen LogP contribution in [0.2, 0.25) is 0 Å². The molecule has 0 saturated heterocycles. The highest BCUT2D eigenvalue weighted by atomic mass is 32.1. The van der Waals surface area contributed by atoms with Crippen LogP contribution in [0.4, 0.5) is 5.69 Å². The number of carbonyl (C=O) groups is 1. The first-order valence-electron chi connectivity index (χ1n) is 7.71. The molecule has 0 spiro atoms. The van der Waals surface area contributed by atoms with Crippen molar-refractivity contribution in [3.8, 4) is 5.82 Å². The van der Waals surface area contributed by atoms with E-state index in [1.54, 1.807) is 58.7 Å². The van der Waals surface area contributed by atoms with Crippen LogP contribution in [0.3, 0.4) is 0 Å². The van der Waals surface area contributed by atoms with Crippen LogP contribution in [-0.4, -0.2) is 32.5 Å². The van der Waals surface area contributed by atoms with Crippen molar-refractivity contribution in [2.24, 2.45) is 0 Å². The normalized spacial score (nSPS) is 11.0. The van der Waals surface area contributed by atoms with Gasteiger partial charge in [-0.05, 0) is 37.3 Å². The highest BCUT2D eigenvalue weighted by Crippen LogP contribution is 2.27. The van der Waals surface area contributed by atoms with Gasteiger partial charge in [0.1, 0.15) is 12.1 Å². The van der Waals surface area contributed by atoms with Gasteiger partial charge in [0.15, 0.2) is 0 Å². The van der Waals surface area contributed by atoms with E-state index >= 15 is 0 Å². The number of hydrogen-bond acceptors (Lipinski definition) is 5. The lowest BCUT2D eigenvalue weighted by atomic mass is 10.2. The number of imidazole rings is 1. The number of hydrogen-bond donors (Lipinski definition) is 0. The van der Waals surface area contributed by atoms with Crippen LogP contribution in [0.25, 0.3) is 16.0 Å². The predicted octanol–water partition coefficient (Wildman–Crippen LogP) is 3.46. The number of pyridine rings is 1. The van der Waals surface area contributed by atoms with E-state index in [2.05, 4.69) is 15.0 Å². The Kier molecular flexibility index (Phi) is 3.77. The molecule has 0 unspecified atom stereocenters.